The maximum atomic E-state index is 7.76. The highest BCUT2D eigenvalue weighted by Crippen LogP contribution is 2.34. The first-order valence-corrected chi connectivity index (χ1v) is 8.00. The van der Waals surface area contributed by atoms with Gasteiger partial charge in [-0.25, -0.2) is 0 Å². The summed E-state index contributed by atoms with van der Waals surface area (Å²) in [7, 11) is 0. The van der Waals surface area contributed by atoms with E-state index in [9.17, 15) is 0 Å². The highest BCUT2D eigenvalue weighted by molar-refractivity contribution is 9.10. The van der Waals surface area contributed by atoms with Crippen LogP contribution in [0.1, 0.15) is 11.1 Å². The maximum Gasteiger partial charge on any atom is 0.139 e. The van der Waals surface area contributed by atoms with Crippen molar-refractivity contribution in [1.82, 2.24) is 0 Å². The molecule has 0 aromatic heterocycles. The average molecular weight is 351 g/mol. The number of nitrogen functional groups attached to an aromatic ring is 1. The number of nitrogens with one attached hydrogen (secondary N) is 1. The summed E-state index contributed by atoms with van der Waals surface area (Å²) >= 11 is 4.98. The Balaban J connectivity index is 2.48. The van der Waals surface area contributed by atoms with Crippen molar-refractivity contribution < 1.29 is 4.74 Å². The van der Waals surface area contributed by atoms with Crippen LogP contribution in [-0.4, -0.2) is 12.1 Å². The SMILES string of the molecule is CSc1cccc(Oc2cc(Br)ccc2C)c1C(=N)N. The van der Waals surface area contributed by atoms with Gasteiger partial charge < -0.3 is 10.5 Å². The van der Waals surface area contributed by atoms with Gasteiger partial charge in [0.1, 0.15) is 17.3 Å². The number of rotatable bonds is 4. The van der Waals surface area contributed by atoms with Crippen molar-refractivity contribution in [3.05, 3.63) is 52.0 Å². The van der Waals surface area contributed by atoms with Crippen molar-refractivity contribution in [1.29, 1.82) is 5.41 Å². The van der Waals surface area contributed by atoms with Gasteiger partial charge >= 0.3 is 0 Å². The van der Waals surface area contributed by atoms with Crippen LogP contribution in [0.4, 0.5) is 0 Å². The second kappa shape index (κ2) is 6.33. The van der Waals surface area contributed by atoms with Crippen molar-refractivity contribution in [3.63, 3.8) is 0 Å². The highest BCUT2D eigenvalue weighted by Gasteiger charge is 2.13. The molecule has 0 aliphatic carbocycles. The minimum absolute atomic E-state index is 0.0117. The van der Waals surface area contributed by atoms with Crippen molar-refractivity contribution in [2.75, 3.05) is 6.26 Å². The lowest BCUT2D eigenvalue weighted by Gasteiger charge is -2.14. The Morgan fingerprint density at radius 2 is 2.00 bits per heavy atom. The second-order valence-corrected chi connectivity index (χ2v) is 6.02. The van der Waals surface area contributed by atoms with Crippen molar-refractivity contribution in [2.24, 2.45) is 5.73 Å². The van der Waals surface area contributed by atoms with E-state index in [1.54, 1.807) is 11.8 Å². The van der Waals surface area contributed by atoms with E-state index in [4.69, 9.17) is 15.9 Å². The fourth-order valence-electron chi connectivity index (χ4n) is 1.83. The molecule has 0 saturated heterocycles. The lowest BCUT2D eigenvalue weighted by atomic mass is 10.1. The van der Waals surface area contributed by atoms with Crippen LogP contribution in [0.25, 0.3) is 0 Å². The summed E-state index contributed by atoms with van der Waals surface area (Å²) in [6.45, 7) is 1.98. The van der Waals surface area contributed by atoms with Crippen LogP contribution in [-0.2, 0) is 0 Å². The molecule has 0 unspecified atom stereocenters. The average Bonchev–Trinajstić information content (AvgIpc) is 2.42. The molecule has 2 aromatic carbocycles. The fourth-order valence-corrected chi connectivity index (χ4v) is 2.80. The van der Waals surface area contributed by atoms with E-state index in [1.807, 2.05) is 49.6 Å². The first-order chi connectivity index (χ1) is 9.52. The third kappa shape index (κ3) is 3.16. The van der Waals surface area contributed by atoms with Gasteiger partial charge in [-0.15, -0.1) is 11.8 Å². The Labute approximate surface area is 131 Å². The summed E-state index contributed by atoms with van der Waals surface area (Å²) in [5, 5.41) is 7.76. The molecule has 0 amide bonds. The van der Waals surface area contributed by atoms with E-state index in [-0.39, 0.29) is 5.84 Å². The van der Waals surface area contributed by atoms with Crippen molar-refractivity contribution >= 4 is 33.5 Å². The zero-order valence-corrected chi connectivity index (χ0v) is 13.6. The molecular weight excluding hydrogens is 336 g/mol. The Morgan fingerprint density at radius 1 is 1.25 bits per heavy atom. The molecule has 0 radical (unpaired) electrons. The van der Waals surface area contributed by atoms with Crippen molar-refractivity contribution in [2.45, 2.75) is 11.8 Å². The predicted octanol–water partition coefficient (Wildman–Crippen LogP) is 4.56. The number of amidine groups is 1. The summed E-state index contributed by atoms with van der Waals surface area (Å²) in [5.41, 5.74) is 7.36. The Hall–Kier alpha value is -1.46. The first-order valence-electron chi connectivity index (χ1n) is 5.98. The molecule has 2 aromatic rings. The van der Waals surface area contributed by atoms with Crippen molar-refractivity contribution in [3.8, 4) is 11.5 Å². The van der Waals surface area contributed by atoms with Gasteiger partial charge in [-0.1, -0.05) is 28.1 Å². The molecule has 20 heavy (non-hydrogen) atoms. The number of thioether (sulfide) groups is 1. The molecule has 104 valence electrons. The lowest BCUT2D eigenvalue weighted by molar-refractivity contribution is 0.476. The van der Waals surface area contributed by atoms with Gasteiger partial charge in [0, 0.05) is 9.37 Å². The number of ether oxygens (including phenoxy) is 1. The van der Waals surface area contributed by atoms with Crippen LogP contribution >= 0.6 is 27.7 Å². The Kier molecular flexibility index (Phi) is 4.73. The lowest BCUT2D eigenvalue weighted by Crippen LogP contribution is -2.13. The maximum absolute atomic E-state index is 7.76. The molecule has 0 aliphatic rings. The summed E-state index contributed by atoms with van der Waals surface area (Å²) < 4.78 is 6.91. The summed E-state index contributed by atoms with van der Waals surface area (Å²) in [5.74, 6) is 1.36. The molecule has 0 fully saturated rings. The third-order valence-electron chi connectivity index (χ3n) is 2.85. The molecule has 0 heterocycles. The third-order valence-corrected chi connectivity index (χ3v) is 4.12. The van der Waals surface area contributed by atoms with Crippen LogP contribution in [0.3, 0.4) is 0 Å². The van der Waals surface area contributed by atoms with Crippen LogP contribution in [0, 0.1) is 12.3 Å². The quantitative estimate of drug-likeness (QED) is 0.482. The molecule has 5 heteroatoms. The molecule has 3 nitrogen and oxygen atoms in total. The molecule has 2 rings (SSSR count). The number of benzene rings is 2. The Morgan fingerprint density at radius 3 is 2.65 bits per heavy atom. The van der Waals surface area contributed by atoms with Gasteiger partial charge in [0.15, 0.2) is 0 Å². The number of aryl methyl sites for hydroxylation is 1. The van der Waals surface area contributed by atoms with Gasteiger partial charge in [-0.05, 0) is 43.0 Å². The first kappa shape index (κ1) is 14.9. The number of hydrogen-bond acceptors (Lipinski definition) is 3. The minimum atomic E-state index is 0.0117. The number of halogens is 1. The largest absolute Gasteiger partial charge is 0.456 e. The van der Waals surface area contributed by atoms with Crippen LogP contribution in [0.2, 0.25) is 0 Å². The standard InChI is InChI=1S/C15H15BrN2OS/c1-9-6-7-10(16)8-12(9)19-11-4-3-5-13(20-2)14(11)15(17)18/h3-8H,1-2H3,(H3,17,18). The smallest absolute Gasteiger partial charge is 0.139 e. The fraction of sp³-hybridized carbons (Fsp3) is 0.133. The van der Waals surface area contributed by atoms with E-state index in [0.717, 1.165) is 20.7 Å². The topological polar surface area (TPSA) is 59.1 Å². The van der Waals surface area contributed by atoms with E-state index in [0.29, 0.717) is 11.3 Å². The van der Waals surface area contributed by atoms with E-state index in [1.165, 1.54) is 0 Å². The van der Waals surface area contributed by atoms with Gasteiger partial charge in [0.25, 0.3) is 0 Å². The van der Waals surface area contributed by atoms with Crippen LogP contribution in [0.15, 0.2) is 45.8 Å². The van der Waals surface area contributed by atoms with Gasteiger partial charge in [0.2, 0.25) is 0 Å². The summed E-state index contributed by atoms with van der Waals surface area (Å²) in [6, 6.07) is 11.5. The second-order valence-electron chi connectivity index (χ2n) is 4.26. The Bertz CT molecular complexity index is 658. The summed E-state index contributed by atoms with van der Waals surface area (Å²) in [4.78, 5) is 0.933. The molecule has 0 saturated carbocycles. The normalized spacial score (nSPS) is 10.3. The monoisotopic (exact) mass is 350 g/mol. The molecule has 0 aliphatic heterocycles. The van der Waals surface area contributed by atoms with E-state index < -0.39 is 0 Å². The molecule has 0 spiro atoms. The highest BCUT2D eigenvalue weighted by atomic mass is 79.9. The molecule has 0 atom stereocenters. The van der Waals surface area contributed by atoms with E-state index in [2.05, 4.69) is 15.9 Å². The number of nitrogens with two attached hydrogens (primary N) is 1. The van der Waals surface area contributed by atoms with Gasteiger partial charge in [-0.3, -0.25) is 5.41 Å². The van der Waals surface area contributed by atoms with Crippen LogP contribution < -0.4 is 10.5 Å². The van der Waals surface area contributed by atoms with Gasteiger partial charge in [0.05, 0.1) is 5.56 Å². The van der Waals surface area contributed by atoms with Gasteiger partial charge in [-0.2, -0.15) is 0 Å². The molecule has 3 N–H and O–H groups in total. The minimum Gasteiger partial charge on any atom is -0.456 e. The molecular formula is C15H15BrN2OS. The predicted molar refractivity (Wildman–Crippen MR) is 88.2 cm³/mol. The molecule has 0 bridgehead atoms. The number of hydrogen-bond donors (Lipinski definition) is 2. The van der Waals surface area contributed by atoms with E-state index >= 15 is 0 Å². The zero-order chi connectivity index (χ0) is 14.7. The zero-order valence-electron chi connectivity index (χ0n) is 11.2. The summed E-state index contributed by atoms with van der Waals surface area (Å²) in [6.07, 6.45) is 1.95. The van der Waals surface area contributed by atoms with Crippen LogP contribution in [0.5, 0.6) is 11.5 Å².